The molecule has 2 rings (SSSR count). The average molecular weight is 566 g/mol. The van der Waals surface area contributed by atoms with Crippen molar-refractivity contribution < 1.29 is 9.53 Å². The normalized spacial score (nSPS) is 19.4. The van der Waals surface area contributed by atoms with E-state index in [1.807, 2.05) is 39.6 Å². The van der Waals surface area contributed by atoms with Crippen LogP contribution in [0.4, 0.5) is 4.79 Å². The summed E-state index contributed by atoms with van der Waals surface area (Å²) in [4.78, 5) is 23.7. The lowest BCUT2D eigenvalue weighted by Crippen LogP contribution is -2.48. The fourth-order valence-electron chi connectivity index (χ4n) is 4.61. The molecule has 0 aromatic carbocycles. The highest BCUT2D eigenvalue weighted by Gasteiger charge is 2.27. The molecular formula is C24H48IN5O2. The molecule has 2 heterocycles. The number of aliphatic imine (C=N–C) groups is 1. The molecular weight excluding hydrogens is 517 g/mol. The topological polar surface area (TPSA) is 60.4 Å². The molecule has 0 spiro atoms. The number of carbonyl (C=O) groups excluding carboxylic acids is 1. The number of nitrogens with zero attached hydrogens (tertiary/aromatic N) is 4. The second-order valence-corrected chi connectivity index (χ2v) is 10.1. The van der Waals surface area contributed by atoms with Gasteiger partial charge in [0.2, 0.25) is 0 Å². The first-order valence-electron chi connectivity index (χ1n) is 12.4. The van der Waals surface area contributed by atoms with Crippen molar-refractivity contribution >= 4 is 36.0 Å². The molecule has 0 saturated carbocycles. The number of piperidine rings is 2. The summed E-state index contributed by atoms with van der Waals surface area (Å²) in [6.45, 7) is 18.2. The Morgan fingerprint density at radius 2 is 1.66 bits per heavy atom. The Bertz CT molecular complexity index is 565. The van der Waals surface area contributed by atoms with E-state index in [-0.39, 0.29) is 30.1 Å². The number of ether oxygens (including phenoxy) is 1. The van der Waals surface area contributed by atoms with Crippen molar-refractivity contribution in [1.29, 1.82) is 0 Å². The van der Waals surface area contributed by atoms with Crippen LogP contribution in [0.1, 0.15) is 66.7 Å². The first-order valence-corrected chi connectivity index (χ1v) is 12.4. The van der Waals surface area contributed by atoms with Crippen LogP contribution in [-0.4, -0.2) is 91.8 Å². The maximum Gasteiger partial charge on any atom is 0.410 e. The predicted molar refractivity (Wildman–Crippen MR) is 144 cm³/mol. The van der Waals surface area contributed by atoms with E-state index in [9.17, 15) is 4.79 Å². The van der Waals surface area contributed by atoms with Gasteiger partial charge in [-0.25, -0.2) is 4.79 Å². The number of nitrogens with one attached hydrogen (secondary N) is 1. The second kappa shape index (κ2) is 14.5. The molecule has 0 atom stereocenters. The summed E-state index contributed by atoms with van der Waals surface area (Å²) in [6, 6.07) is 0. The van der Waals surface area contributed by atoms with Crippen LogP contribution in [0.5, 0.6) is 0 Å². The van der Waals surface area contributed by atoms with Crippen LogP contribution < -0.4 is 5.32 Å². The first-order chi connectivity index (χ1) is 14.8. The highest BCUT2D eigenvalue weighted by Crippen LogP contribution is 2.21. The molecule has 2 aliphatic rings. The molecule has 0 aromatic rings. The number of carbonyl (C=O) groups is 1. The lowest BCUT2D eigenvalue weighted by molar-refractivity contribution is 0.0214. The largest absolute Gasteiger partial charge is 0.444 e. The van der Waals surface area contributed by atoms with E-state index in [0.717, 1.165) is 50.9 Å². The third-order valence-electron chi connectivity index (χ3n) is 6.63. The molecule has 1 amide bonds. The molecule has 0 aliphatic carbocycles. The van der Waals surface area contributed by atoms with Gasteiger partial charge in [-0.3, -0.25) is 4.99 Å². The molecule has 2 saturated heterocycles. The number of guanidine groups is 1. The van der Waals surface area contributed by atoms with Gasteiger partial charge in [-0.2, -0.15) is 0 Å². The van der Waals surface area contributed by atoms with Gasteiger partial charge in [-0.05, 0) is 91.3 Å². The summed E-state index contributed by atoms with van der Waals surface area (Å²) in [5.41, 5.74) is -0.445. The van der Waals surface area contributed by atoms with Crippen molar-refractivity contribution in [1.82, 2.24) is 20.0 Å². The van der Waals surface area contributed by atoms with Gasteiger partial charge >= 0.3 is 6.09 Å². The first kappa shape index (κ1) is 29.3. The zero-order valence-corrected chi connectivity index (χ0v) is 23.7. The molecule has 32 heavy (non-hydrogen) atoms. The summed E-state index contributed by atoms with van der Waals surface area (Å²) in [5.74, 6) is 2.39. The molecule has 7 nitrogen and oxygen atoms in total. The van der Waals surface area contributed by atoms with E-state index >= 15 is 0 Å². The molecule has 0 bridgehead atoms. The minimum Gasteiger partial charge on any atom is -0.444 e. The van der Waals surface area contributed by atoms with E-state index < -0.39 is 5.60 Å². The molecule has 2 fully saturated rings. The SMILES string of the molecule is CCN1CCC(CCNC(=NC)N2CCC(CN(CC)C(=O)OC(C)(C)C)CC2)CC1.I. The number of rotatable bonds is 7. The van der Waals surface area contributed by atoms with Gasteiger partial charge in [-0.1, -0.05) is 6.92 Å². The summed E-state index contributed by atoms with van der Waals surface area (Å²) in [5, 5.41) is 3.60. The third kappa shape index (κ3) is 10.0. The van der Waals surface area contributed by atoms with Crippen molar-refractivity contribution in [3.63, 3.8) is 0 Å². The van der Waals surface area contributed by atoms with E-state index in [0.29, 0.717) is 12.5 Å². The van der Waals surface area contributed by atoms with Gasteiger partial charge < -0.3 is 24.8 Å². The molecule has 0 aromatic heterocycles. The number of hydrogen-bond acceptors (Lipinski definition) is 4. The Morgan fingerprint density at radius 3 is 2.16 bits per heavy atom. The highest BCUT2D eigenvalue weighted by atomic mass is 127. The van der Waals surface area contributed by atoms with E-state index in [1.54, 1.807) is 0 Å². The van der Waals surface area contributed by atoms with Crippen LogP contribution in [-0.2, 0) is 4.74 Å². The number of hydrogen-bond donors (Lipinski definition) is 1. The number of halogens is 1. The summed E-state index contributed by atoms with van der Waals surface area (Å²) in [6.07, 6.45) is 5.84. The smallest absolute Gasteiger partial charge is 0.410 e. The quantitative estimate of drug-likeness (QED) is 0.284. The summed E-state index contributed by atoms with van der Waals surface area (Å²) < 4.78 is 5.56. The molecule has 188 valence electrons. The number of amides is 1. The second-order valence-electron chi connectivity index (χ2n) is 10.1. The van der Waals surface area contributed by atoms with Gasteiger partial charge in [-0.15, -0.1) is 24.0 Å². The molecule has 0 unspecified atom stereocenters. The predicted octanol–water partition coefficient (Wildman–Crippen LogP) is 4.27. The Balaban J connectivity index is 0.00000512. The van der Waals surface area contributed by atoms with Crippen LogP contribution in [0.3, 0.4) is 0 Å². The molecule has 8 heteroatoms. The fraction of sp³-hybridized carbons (Fsp3) is 0.917. The highest BCUT2D eigenvalue weighted by molar-refractivity contribution is 14.0. The van der Waals surface area contributed by atoms with Crippen molar-refractivity contribution in [3.05, 3.63) is 0 Å². The van der Waals surface area contributed by atoms with Gasteiger partial charge in [0.15, 0.2) is 5.96 Å². The van der Waals surface area contributed by atoms with E-state index in [4.69, 9.17) is 4.74 Å². The fourth-order valence-corrected chi connectivity index (χ4v) is 4.61. The zero-order valence-electron chi connectivity index (χ0n) is 21.4. The number of likely N-dealkylation sites (tertiary alicyclic amines) is 2. The van der Waals surface area contributed by atoms with Gasteiger partial charge in [0.25, 0.3) is 0 Å². The van der Waals surface area contributed by atoms with E-state index in [1.165, 1.54) is 38.9 Å². The Morgan fingerprint density at radius 1 is 1.06 bits per heavy atom. The van der Waals surface area contributed by atoms with Crippen molar-refractivity contribution in [3.8, 4) is 0 Å². The molecule has 0 radical (unpaired) electrons. The van der Waals surface area contributed by atoms with Crippen molar-refractivity contribution in [2.75, 3.05) is 59.4 Å². The minimum atomic E-state index is -0.445. The van der Waals surface area contributed by atoms with Crippen molar-refractivity contribution in [2.24, 2.45) is 16.8 Å². The van der Waals surface area contributed by atoms with Crippen LogP contribution in [0.2, 0.25) is 0 Å². The Hall–Kier alpha value is -0.770. The summed E-state index contributed by atoms with van der Waals surface area (Å²) in [7, 11) is 1.88. The Kier molecular flexibility index (Phi) is 13.2. The molecule has 2 aliphatic heterocycles. The van der Waals surface area contributed by atoms with Crippen LogP contribution >= 0.6 is 24.0 Å². The van der Waals surface area contributed by atoms with Gasteiger partial charge in [0.1, 0.15) is 5.60 Å². The van der Waals surface area contributed by atoms with Crippen LogP contribution in [0.15, 0.2) is 4.99 Å². The minimum absolute atomic E-state index is 0. The monoisotopic (exact) mass is 565 g/mol. The maximum atomic E-state index is 12.4. The zero-order chi connectivity index (χ0) is 22.9. The van der Waals surface area contributed by atoms with E-state index in [2.05, 4.69) is 27.0 Å². The Labute approximate surface area is 213 Å². The summed E-state index contributed by atoms with van der Waals surface area (Å²) >= 11 is 0. The lowest BCUT2D eigenvalue weighted by Gasteiger charge is -2.37. The average Bonchev–Trinajstić information content (AvgIpc) is 2.75. The maximum absolute atomic E-state index is 12.4. The third-order valence-corrected chi connectivity index (χ3v) is 6.63. The lowest BCUT2D eigenvalue weighted by atomic mass is 9.93. The van der Waals surface area contributed by atoms with Gasteiger partial charge in [0, 0.05) is 39.8 Å². The van der Waals surface area contributed by atoms with Crippen LogP contribution in [0.25, 0.3) is 0 Å². The molecule has 1 N–H and O–H groups in total. The van der Waals surface area contributed by atoms with Gasteiger partial charge in [0.05, 0.1) is 0 Å². The van der Waals surface area contributed by atoms with Crippen LogP contribution in [0, 0.1) is 11.8 Å². The standard InChI is InChI=1S/C24H47N5O2.HI/c1-7-27-15-10-20(11-16-27)9-14-26-22(25-6)29-17-12-21(13-18-29)19-28(8-2)23(30)31-24(3,4)5;/h20-21H,7-19H2,1-6H3,(H,25,26);1H. The van der Waals surface area contributed by atoms with Crippen molar-refractivity contribution in [2.45, 2.75) is 72.3 Å².